The number of aromatic nitrogens is 2. The third kappa shape index (κ3) is 5.58. The van der Waals surface area contributed by atoms with Gasteiger partial charge in [0, 0.05) is 12.3 Å². The maximum Gasteiger partial charge on any atom is 0.262 e. The number of ether oxygens (including phenoxy) is 1. The second-order valence-electron chi connectivity index (χ2n) is 7.88. The zero-order valence-corrected chi connectivity index (χ0v) is 19.2. The zero-order chi connectivity index (χ0) is 22.3. The smallest absolute Gasteiger partial charge is 0.262 e. The molecule has 164 valence electrons. The molecule has 1 heterocycles. The van der Waals surface area contributed by atoms with Crippen LogP contribution in [0.3, 0.4) is 0 Å². The van der Waals surface area contributed by atoms with Crippen molar-refractivity contribution in [3.63, 3.8) is 0 Å². The van der Waals surface area contributed by atoms with Gasteiger partial charge in [-0.2, -0.15) is 0 Å². The molecule has 0 saturated heterocycles. The quantitative estimate of drug-likeness (QED) is 0.277. The molecule has 6 heteroatoms. The van der Waals surface area contributed by atoms with Crippen molar-refractivity contribution in [1.29, 1.82) is 0 Å². The molecule has 0 N–H and O–H groups in total. The molecule has 5 nitrogen and oxygen atoms in total. The molecule has 1 aromatic heterocycles. The largest absolute Gasteiger partial charge is 0.492 e. The molecule has 0 aliphatic rings. The summed E-state index contributed by atoms with van der Waals surface area (Å²) in [6.07, 6.45) is 0. The summed E-state index contributed by atoms with van der Waals surface area (Å²) in [4.78, 5) is 20.5. The zero-order valence-electron chi connectivity index (χ0n) is 18.4. The molecular weight excluding hydrogens is 418 g/mol. The van der Waals surface area contributed by atoms with Gasteiger partial charge in [0.1, 0.15) is 12.4 Å². The van der Waals surface area contributed by atoms with Gasteiger partial charge in [0.2, 0.25) is 0 Å². The Kier molecular flexibility index (Phi) is 7.24. The lowest BCUT2D eigenvalue weighted by atomic mass is 10.2. The summed E-state index contributed by atoms with van der Waals surface area (Å²) in [5.41, 5.74) is 2.90. The van der Waals surface area contributed by atoms with Crippen LogP contribution in [0, 0.1) is 0 Å². The van der Waals surface area contributed by atoms with E-state index in [4.69, 9.17) is 9.72 Å². The molecule has 0 spiro atoms. The van der Waals surface area contributed by atoms with Crippen LogP contribution >= 0.6 is 11.8 Å². The van der Waals surface area contributed by atoms with Crippen LogP contribution in [0.4, 0.5) is 0 Å². The third-order valence-electron chi connectivity index (χ3n) is 5.09. The van der Waals surface area contributed by atoms with E-state index in [1.807, 2.05) is 80.8 Å². The molecule has 32 heavy (non-hydrogen) atoms. The molecule has 0 radical (unpaired) electrons. The van der Waals surface area contributed by atoms with E-state index in [2.05, 4.69) is 17.0 Å². The molecule has 0 saturated carbocycles. The van der Waals surface area contributed by atoms with Gasteiger partial charge in [-0.15, -0.1) is 0 Å². The molecule has 0 fully saturated rings. The van der Waals surface area contributed by atoms with Gasteiger partial charge in [0.05, 0.1) is 17.4 Å². The average molecular weight is 446 g/mol. The lowest BCUT2D eigenvalue weighted by molar-refractivity contribution is 0.261. The maximum atomic E-state index is 13.5. The predicted octanol–water partition coefficient (Wildman–Crippen LogP) is 4.68. The summed E-state index contributed by atoms with van der Waals surface area (Å²) < 4.78 is 7.62. The first-order chi connectivity index (χ1) is 15.6. The van der Waals surface area contributed by atoms with Gasteiger partial charge >= 0.3 is 0 Å². The number of hydrogen-bond acceptors (Lipinski definition) is 5. The van der Waals surface area contributed by atoms with E-state index in [0.717, 1.165) is 23.0 Å². The highest BCUT2D eigenvalue weighted by Crippen LogP contribution is 2.24. The van der Waals surface area contributed by atoms with Gasteiger partial charge in [-0.1, -0.05) is 72.4 Å². The van der Waals surface area contributed by atoms with Gasteiger partial charge in [0.25, 0.3) is 5.56 Å². The average Bonchev–Trinajstić information content (AvgIpc) is 2.81. The Morgan fingerprint density at radius 2 is 1.62 bits per heavy atom. The first kappa shape index (κ1) is 22.1. The minimum Gasteiger partial charge on any atom is -0.492 e. The van der Waals surface area contributed by atoms with Gasteiger partial charge in [0.15, 0.2) is 5.16 Å². The first-order valence-corrected chi connectivity index (χ1v) is 11.6. The minimum absolute atomic E-state index is 0.0486. The number of rotatable bonds is 9. The van der Waals surface area contributed by atoms with Crippen LogP contribution in [0.15, 0.2) is 88.8 Å². The second kappa shape index (κ2) is 10.5. The van der Waals surface area contributed by atoms with E-state index in [0.29, 0.717) is 29.8 Å². The Morgan fingerprint density at radius 3 is 2.31 bits per heavy atom. The topological polar surface area (TPSA) is 47.4 Å². The van der Waals surface area contributed by atoms with Crippen LogP contribution < -0.4 is 10.3 Å². The summed E-state index contributed by atoms with van der Waals surface area (Å²) in [6, 6.07) is 25.8. The summed E-state index contributed by atoms with van der Waals surface area (Å²) in [5.74, 6) is 1.44. The first-order valence-electron chi connectivity index (χ1n) is 10.6. The summed E-state index contributed by atoms with van der Waals surface area (Å²) in [7, 11) is 4.01. The molecule has 0 bridgehead atoms. The van der Waals surface area contributed by atoms with Gasteiger partial charge in [-0.3, -0.25) is 9.36 Å². The fraction of sp³-hybridized carbons (Fsp3) is 0.231. The van der Waals surface area contributed by atoms with Crippen LogP contribution in [-0.2, 0) is 12.3 Å². The van der Waals surface area contributed by atoms with Crippen molar-refractivity contribution in [3.8, 4) is 5.75 Å². The van der Waals surface area contributed by atoms with Crippen LogP contribution in [0.25, 0.3) is 10.9 Å². The van der Waals surface area contributed by atoms with Crippen LogP contribution in [0.1, 0.15) is 11.1 Å². The van der Waals surface area contributed by atoms with Crippen molar-refractivity contribution in [2.45, 2.75) is 17.5 Å². The maximum absolute atomic E-state index is 13.5. The van der Waals surface area contributed by atoms with Crippen molar-refractivity contribution in [3.05, 3.63) is 100 Å². The van der Waals surface area contributed by atoms with E-state index >= 15 is 0 Å². The standard InChI is InChI=1S/C26H27N3O2S/c1-28(2)15-16-31-22-13-14-24-23(17-22)25(30)29(18-20-9-5-3-6-10-20)26(27-24)32-19-21-11-7-4-8-12-21/h3-14,17H,15-16,18-19H2,1-2H3. The van der Waals surface area contributed by atoms with E-state index in [9.17, 15) is 4.79 Å². The van der Waals surface area contributed by atoms with Crippen molar-refractivity contribution in [2.75, 3.05) is 27.2 Å². The number of likely N-dealkylation sites (N-methyl/N-ethyl adjacent to an activating group) is 1. The van der Waals surface area contributed by atoms with E-state index in [1.54, 1.807) is 16.3 Å². The SMILES string of the molecule is CN(C)CCOc1ccc2nc(SCc3ccccc3)n(Cc3ccccc3)c(=O)c2c1. The van der Waals surface area contributed by atoms with E-state index < -0.39 is 0 Å². The number of nitrogens with zero attached hydrogens (tertiary/aromatic N) is 3. The lowest BCUT2D eigenvalue weighted by Crippen LogP contribution is -2.24. The molecule has 0 aliphatic carbocycles. The molecule has 3 aromatic carbocycles. The summed E-state index contributed by atoms with van der Waals surface area (Å²) >= 11 is 1.58. The van der Waals surface area contributed by atoms with Crippen molar-refractivity contribution >= 4 is 22.7 Å². The molecular formula is C26H27N3O2S. The third-order valence-corrected chi connectivity index (χ3v) is 6.14. The normalized spacial score (nSPS) is 11.2. The van der Waals surface area contributed by atoms with Crippen LogP contribution in [-0.4, -0.2) is 41.7 Å². The highest BCUT2D eigenvalue weighted by Gasteiger charge is 2.13. The Balaban J connectivity index is 1.69. The molecule has 0 amide bonds. The highest BCUT2D eigenvalue weighted by atomic mass is 32.2. The molecule has 0 unspecified atom stereocenters. The van der Waals surface area contributed by atoms with Gasteiger partial charge in [-0.05, 0) is 43.4 Å². The lowest BCUT2D eigenvalue weighted by Gasteiger charge is -2.15. The highest BCUT2D eigenvalue weighted by molar-refractivity contribution is 7.98. The van der Waals surface area contributed by atoms with Crippen molar-refractivity contribution in [2.24, 2.45) is 0 Å². The Hall–Kier alpha value is -3.09. The van der Waals surface area contributed by atoms with E-state index in [1.165, 1.54) is 5.56 Å². The van der Waals surface area contributed by atoms with Crippen molar-refractivity contribution < 1.29 is 4.74 Å². The fourth-order valence-corrected chi connectivity index (χ4v) is 4.31. The predicted molar refractivity (Wildman–Crippen MR) is 132 cm³/mol. The van der Waals surface area contributed by atoms with E-state index in [-0.39, 0.29) is 5.56 Å². The number of thioether (sulfide) groups is 1. The molecule has 4 aromatic rings. The molecule has 0 atom stereocenters. The number of fused-ring (bicyclic) bond motifs is 1. The van der Waals surface area contributed by atoms with Crippen LogP contribution in [0.5, 0.6) is 5.75 Å². The van der Waals surface area contributed by atoms with Gasteiger partial charge < -0.3 is 9.64 Å². The minimum atomic E-state index is -0.0486. The van der Waals surface area contributed by atoms with Crippen LogP contribution in [0.2, 0.25) is 0 Å². The monoisotopic (exact) mass is 445 g/mol. The van der Waals surface area contributed by atoms with Gasteiger partial charge in [-0.25, -0.2) is 4.98 Å². The molecule has 0 aliphatic heterocycles. The second-order valence-corrected chi connectivity index (χ2v) is 8.82. The Labute approximate surface area is 192 Å². The number of benzene rings is 3. The molecule has 4 rings (SSSR count). The number of hydrogen-bond donors (Lipinski definition) is 0. The van der Waals surface area contributed by atoms with Crippen molar-refractivity contribution in [1.82, 2.24) is 14.5 Å². The summed E-state index contributed by atoms with van der Waals surface area (Å²) in [5, 5.41) is 1.30. The fourth-order valence-electron chi connectivity index (χ4n) is 3.35. The summed E-state index contributed by atoms with van der Waals surface area (Å²) in [6.45, 7) is 1.85. The Bertz CT molecular complexity index is 1220. The Morgan fingerprint density at radius 1 is 0.938 bits per heavy atom.